The van der Waals surface area contributed by atoms with Crippen LogP contribution in [0.1, 0.15) is 25.7 Å². The number of hydrogen-bond donors (Lipinski definition) is 3. The number of hydrogen-bond acceptors (Lipinski definition) is 3. The molecule has 3 nitrogen and oxygen atoms in total. The molecule has 2 rings (SSSR count). The third-order valence-electron chi connectivity index (χ3n) is 3.65. The Bertz CT molecular complexity index is 166. The second-order valence-corrected chi connectivity index (χ2v) is 4.28. The van der Waals surface area contributed by atoms with E-state index in [1.165, 1.54) is 0 Å². The van der Waals surface area contributed by atoms with Gasteiger partial charge in [0.05, 0.1) is 12.2 Å². The zero-order valence-electron chi connectivity index (χ0n) is 7.34. The highest BCUT2D eigenvalue weighted by molar-refractivity contribution is 5.08. The van der Waals surface area contributed by atoms with Gasteiger partial charge in [-0.05, 0) is 12.8 Å². The third-order valence-corrected chi connectivity index (χ3v) is 3.65. The predicted octanol–water partition coefficient (Wildman–Crippen LogP) is -0.127. The molecule has 0 spiro atoms. The van der Waals surface area contributed by atoms with Crippen molar-refractivity contribution in [3.05, 3.63) is 0 Å². The molecule has 2 aliphatic rings. The molecule has 70 valence electrons. The first-order valence-electron chi connectivity index (χ1n) is 4.76. The number of nitrogens with one attached hydrogen (secondary N) is 1. The van der Waals surface area contributed by atoms with Gasteiger partial charge in [0.25, 0.3) is 0 Å². The number of aliphatic hydroxyl groups is 2. The van der Waals surface area contributed by atoms with E-state index in [0.717, 1.165) is 38.8 Å². The molecule has 12 heavy (non-hydrogen) atoms. The molecule has 1 saturated heterocycles. The first kappa shape index (κ1) is 8.48. The lowest BCUT2D eigenvalue weighted by molar-refractivity contribution is -0.131. The Labute approximate surface area is 72.8 Å². The summed E-state index contributed by atoms with van der Waals surface area (Å²) in [5.41, 5.74) is -0.795. The zero-order valence-corrected chi connectivity index (χ0v) is 7.34. The van der Waals surface area contributed by atoms with Crippen LogP contribution in [0.2, 0.25) is 0 Å². The van der Waals surface area contributed by atoms with Crippen LogP contribution in [-0.4, -0.2) is 35.5 Å². The van der Waals surface area contributed by atoms with Crippen LogP contribution >= 0.6 is 0 Å². The molecule has 1 aliphatic heterocycles. The quantitative estimate of drug-likeness (QED) is 0.542. The van der Waals surface area contributed by atoms with Crippen molar-refractivity contribution in [2.45, 2.75) is 31.3 Å². The molecule has 0 unspecified atom stereocenters. The third kappa shape index (κ3) is 0.934. The van der Waals surface area contributed by atoms with Crippen LogP contribution in [0.4, 0.5) is 0 Å². The minimum atomic E-state index is -0.576. The maximum Gasteiger partial charge on any atom is 0.0750 e. The minimum absolute atomic E-state index is 0.122. The summed E-state index contributed by atoms with van der Waals surface area (Å²) in [6, 6.07) is 0. The summed E-state index contributed by atoms with van der Waals surface area (Å²) in [6.45, 7) is 1.68. The van der Waals surface area contributed by atoms with Crippen molar-refractivity contribution in [3.63, 3.8) is 0 Å². The number of aliphatic hydroxyl groups excluding tert-OH is 1. The van der Waals surface area contributed by atoms with Gasteiger partial charge in [0.15, 0.2) is 0 Å². The Morgan fingerprint density at radius 2 is 1.75 bits per heavy atom. The van der Waals surface area contributed by atoms with Crippen molar-refractivity contribution in [2.24, 2.45) is 5.41 Å². The molecular formula is C9H17NO2. The fraction of sp³-hybridized carbons (Fsp3) is 1.00. The van der Waals surface area contributed by atoms with Crippen LogP contribution in [0.5, 0.6) is 0 Å². The van der Waals surface area contributed by atoms with E-state index in [1.807, 2.05) is 0 Å². The van der Waals surface area contributed by atoms with E-state index in [0.29, 0.717) is 0 Å². The van der Waals surface area contributed by atoms with Gasteiger partial charge in [-0.25, -0.2) is 0 Å². The Morgan fingerprint density at radius 1 is 1.17 bits per heavy atom. The van der Waals surface area contributed by atoms with Crippen molar-refractivity contribution in [3.8, 4) is 0 Å². The van der Waals surface area contributed by atoms with Crippen molar-refractivity contribution in [1.29, 1.82) is 0 Å². The average Bonchev–Trinajstić information content (AvgIpc) is 2.35. The largest absolute Gasteiger partial charge is 0.396 e. The monoisotopic (exact) mass is 171 g/mol. The maximum absolute atomic E-state index is 10.3. The van der Waals surface area contributed by atoms with Gasteiger partial charge < -0.3 is 15.5 Å². The van der Waals surface area contributed by atoms with Gasteiger partial charge in [0, 0.05) is 18.5 Å². The van der Waals surface area contributed by atoms with Gasteiger partial charge in [-0.15, -0.1) is 0 Å². The van der Waals surface area contributed by atoms with Gasteiger partial charge in [-0.3, -0.25) is 0 Å². The summed E-state index contributed by atoms with van der Waals surface area (Å²) in [6.07, 6.45) is 3.96. The molecule has 1 heterocycles. The zero-order chi connectivity index (χ0) is 8.66. The molecule has 2 fully saturated rings. The van der Waals surface area contributed by atoms with E-state index in [2.05, 4.69) is 5.32 Å². The molecule has 3 N–H and O–H groups in total. The van der Waals surface area contributed by atoms with Gasteiger partial charge in [0.2, 0.25) is 0 Å². The molecule has 1 saturated carbocycles. The van der Waals surface area contributed by atoms with Crippen LogP contribution in [0.25, 0.3) is 0 Å². The first-order chi connectivity index (χ1) is 5.72. The van der Waals surface area contributed by atoms with Gasteiger partial charge in [-0.1, -0.05) is 12.8 Å². The summed E-state index contributed by atoms with van der Waals surface area (Å²) in [5, 5.41) is 22.7. The van der Waals surface area contributed by atoms with Gasteiger partial charge in [0.1, 0.15) is 0 Å². The van der Waals surface area contributed by atoms with Crippen molar-refractivity contribution < 1.29 is 10.2 Å². The van der Waals surface area contributed by atoms with Crippen molar-refractivity contribution in [2.75, 3.05) is 19.7 Å². The topological polar surface area (TPSA) is 52.5 Å². The van der Waals surface area contributed by atoms with Crippen molar-refractivity contribution in [1.82, 2.24) is 5.32 Å². The van der Waals surface area contributed by atoms with E-state index in [9.17, 15) is 10.2 Å². The molecule has 3 heteroatoms. The Kier molecular flexibility index (Phi) is 1.90. The standard InChI is InChI=1S/C9H17NO2/c11-7-8(5-10-6-8)9(12)3-1-2-4-9/h10-12H,1-7H2. The lowest BCUT2D eigenvalue weighted by atomic mass is 9.67. The van der Waals surface area contributed by atoms with Crippen LogP contribution < -0.4 is 5.32 Å². The van der Waals surface area contributed by atoms with E-state index in [1.54, 1.807) is 0 Å². The van der Waals surface area contributed by atoms with Gasteiger partial charge >= 0.3 is 0 Å². The van der Waals surface area contributed by atoms with E-state index in [4.69, 9.17) is 0 Å². The maximum atomic E-state index is 10.3. The summed E-state index contributed by atoms with van der Waals surface area (Å²) < 4.78 is 0. The lowest BCUT2D eigenvalue weighted by Crippen LogP contribution is -2.67. The number of rotatable bonds is 2. The minimum Gasteiger partial charge on any atom is -0.396 e. The van der Waals surface area contributed by atoms with E-state index >= 15 is 0 Å². The second-order valence-electron chi connectivity index (χ2n) is 4.28. The predicted molar refractivity (Wildman–Crippen MR) is 45.8 cm³/mol. The summed E-state index contributed by atoms with van der Waals surface area (Å²) in [5.74, 6) is 0. The Morgan fingerprint density at radius 3 is 2.08 bits per heavy atom. The van der Waals surface area contributed by atoms with Crippen LogP contribution in [0.3, 0.4) is 0 Å². The average molecular weight is 171 g/mol. The molecule has 0 aromatic heterocycles. The fourth-order valence-corrected chi connectivity index (χ4v) is 2.51. The molecule has 0 aromatic carbocycles. The smallest absolute Gasteiger partial charge is 0.0750 e. The Hall–Kier alpha value is -0.120. The molecule has 0 atom stereocenters. The summed E-state index contributed by atoms with van der Waals surface area (Å²) in [4.78, 5) is 0. The Balaban J connectivity index is 2.14. The molecule has 0 aromatic rings. The highest BCUT2D eigenvalue weighted by atomic mass is 16.3. The van der Waals surface area contributed by atoms with Crippen molar-refractivity contribution >= 4 is 0 Å². The van der Waals surface area contributed by atoms with E-state index < -0.39 is 5.60 Å². The highest BCUT2D eigenvalue weighted by Crippen LogP contribution is 2.45. The molecule has 0 radical (unpaired) electrons. The second kappa shape index (κ2) is 2.69. The van der Waals surface area contributed by atoms with Crippen LogP contribution in [-0.2, 0) is 0 Å². The fourth-order valence-electron chi connectivity index (χ4n) is 2.51. The normalized spacial score (nSPS) is 31.5. The molecule has 1 aliphatic carbocycles. The first-order valence-corrected chi connectivity index (χ1v) is 4.76. The SMILES string of the molecule is OCC1(C2(O)CCCC2)CNC1. The highest BCUT2D eigenvalue weighted by Gasteiger charge is 2.54. The molecule has 0 bridgehead atoms. The van der Waals surface area contributed by atoms with Gasteiger partial charge in [-0.2, -0.15) is 0 Å². The molecular weight excluding hydrogens is 154 g/mol. The summed E-state index contributed by atoms with van der Waals surface area (Å²) in [7, 11) is 0. The lowest BCUT2D eigenvalue weighted by Gasteiger charge is -2.51. The van der Waals surface area contributed by atoms with Crippen LogP contribution in [0, 0.1) is 5.41 Å². The van der Waals surface area contributed by atoms with Crippen LogP contribution in [0.15, 0.2) is 0 Å². The van der Waals surface area contributed by atoms with E-state index in [-0.39, 0.29) is 12.0 Å². The molecule has 0 amide bonds. The summed E-state index contributed by atoms with van der Waals surface area (Å²) >= 11 is 0.